The Kier molecular flexibility index (Phi) is 5.92. The molecule has 1 amide bonds. The standard InChI is InChI=1S/C15H24N4O2/c1-12-5-3-9-19(11-12)14-7-6-13(17-18-14)15(20)16-8-4-10-21-2/h6-7,12H,3-5,8-11H2,1-2H3,(H,16,20). The van der Waals surface area contributed by atoms with Gasteiger partial charge in [0.1, 0.15) is 0 Å². The van der Waals surface area contributed by atoms with Crippen molar-refractivity contribution in [1.29, 1.82) is 0 Å². The number of piperidine rings is 1. The van der Waals surface area contributed by atoms with Crippen molar-refractivity contribution in [1.82, 2.24) is 15.5 Å². The van der Waals surface area contributed by atoms with E-state index in [1.807, 2.05) is 6.07 Å². The number of aromatic nitrogens is 2. The molecule has 116 valence electrons. The highest BCUT2D eigenvalue weighted by Crippen LogP contribution is 2.20. The molecule has 0 aromatic carbocycles. The first-order chi connectivity index (χ1) is 10.2. The van der Waals surface area contributed by atoms with Gasteiger partial charge in [0.25, 0.3) is 5.91 Å². The molecule has 1 aromatic rings. The first kappa shape index (κ1) is 15.7. The number of hydrogen-bond acceptors (Lipinski definition) is 5. The first-order valence-corrected chi connectivity index (χ1v) is 7.56. The Labute approximate surface area is 125 Å². The molecule has 2 heterocycles. The van der Waals surface area contributed by atoms with Crippen molar-refractivity contribution in [3.05, 3.63) is 17.8 Å². The Morgan fingerprint density at radius 1 is 1.48 bits per heavy atom. The number of amides is 1. The van der Waals surface area contributed by atoms with E-state index >= 15 is 0 Å². The van der Waals surface area contributed by atoms with Crippen LogP contribution in [-0.2, 0) is 4.74 Å². The monoisotopic (exact) mass is 292 g/mol. The molecule has 2 rings (SSSR count). The summed E-state index contributed by atoms with van der Waals surface area (Å²) in [5.74, 6) is 1.36. The molecule has 1 fully saturated rings. The summed E-state index contributed by atoms with van der Waals surface area (Å²) in [5, 5.41) is 11.0. The van der Waals surface area contributed by atoms with Crippen molar-refractivity contribution in [3.8, 4) is 0 Å². The van der Waals surface area contributed by atoms with Crippen LogP contribution in [0.25, 0.3) is 0 Å². The molecule has 21 heavy (non-hydrogen) atoms. The molecule has 6 heteroatoms. The van der Waals surface area contributed by atoms with Crippen LogP contribution in [0.4, 0.5) is 5.82 Å². The van der Waals surface area contributed by atoms with E-state index in [2.05, 4.69) is 27.3 Å². The number of rotatable bonds is 6. The summed E-state index contributed by atoms with van der Waals surface area (Å²) < 4.78 is 4.94. The van der Waals surface area contributed by atoms with E-state index in [0.717, 1.165) is 25.3 Å². The Balaban J connectivity index is 1.87. The zero-order chi connectivity index (χ0) is 15.1. The van der Waals surface area contributed by atoms with Crippen LogP contribution >= 0.6 is 0 Å². The lowest BCUT2D eigenvalue weighted by Crippen LogP contribution is -2.35. The van der Waals surface area contributed by atoms with Gasteiger partial charge in [0.15, 0.2) is 11.5 Å². The average Bonchev–Trinajstić information content (AvgIpc) is 2.51. The van der Waals surface area contributed by atoms with Gasteiger partial charge in [0, 0.05) is 33.4 Å². The summed E-state index contributed by atoms with van der Waals surface area (Å²) in [6.45, 7) is 5.50. The lowest BCUT2D eigenvalue weighted by Gasteiger charge is -2.31. The van der Waals surface area contributed by atoms with E-state index in [1.165, 1.54) is 12.8 Å². The number of carbonyl (C=O) groups is 1. The fourth-order valence-electron chi connectivity index (χ4n) is 2.52. The maximum Gasteiger partial charge on any atom is 0.271 e. The summed E-state index contributed by atoms with van der Waals surface area (Å²) in [4.78, 5) is 14.1. The maximum atomic E-state index is 11.9. The molecule has 1 unspecified atom stereocenters. The molecule has 1 N–H and O–H groups in total. The van der Waals surface area contributed by atoms with Crippen LogP contribution in [0.15, 0.2) is 12.1 Å². The van der Waals surface area contributed by atoms with Crippen molar-refractivity contribution >= 4 is 11.7 Å². The van der Waals surface area contributed by atoms with Gasteiger partial charge in [0.2, 0.25) is 0 Å². The highest BCUT2D eigenvalue weighted by Gasteiger charge is 2.18. The molecule has 1 aliphatic rings. The SMILES string of the molecule is COCCCNC(=O)c1ccc(N2CCCC(C)C2)nn1. The van der Waals surface area contributed by atoms with Gasteiger partial charge in [-0.3, -0.25) is 4.79 Å². The number of ether oxygens (including phenoxy) is 1. The number of carbonyl (C=O) groups excluding carboxylic acids is 1. The van der Waals surface area contributed by atoms with Crippen LogP contribution in [0.3, 0.4) is 0 Å². The fourth-order valence-corrected chi connectivity index (χ4v) is 2.52. The molecular weight excluding hydrogens is 268 g/mol. The Morgan fingerprint density at radius 2 is 2.33 bits per heavy atom. The highest BCUT2D eigenvalue weighted by atomic mass is 16.5. The Bertz CT molecular complexity index is 449. The largest absolute Gasteiger partial charge is 0.385 e. The topological polar surface area (TPSA) is 67.3 Å². The molecule has 0 radical (unpaired) electrons. The summed E-state index contributed by atoms with van der Waals surface area (Å²) >= 11 is 0. The number of nitrogens with zero attached hydrogens (tertiary/aromatic N) is 3. The molecule has 6 nitrogen and oxygen atoms in total. The van der Waals surface area contributed by atoms with Gasteiger partial charge in [-0.2, -0.15) is 0 Å². The normalized spacial score (nSPS) is 18.6. The lowest BCUT2D eigenvalue weighted by molar-refractivity contribution is 0.0942. The Morgan fingerprint density at radius 3 is 3.00 bits per heavy atom. The minimum Gasteiger partial charge on any atom is -0.385 e. The van der Waals surface area contributed by atoms with Gasteiger partial charge in [-0.05, 0) is 37.3 Å². The van der Waals surface area contributed by atoms with Gasteiger partial charge in [-0.1, -0.05) is 6.92 Å². The van der Waals surface area contributed by atoms with Crippen LogP contribution < -0.4 is 10.2 Å². The molecule has 1 atom stereocenters. The smallest absolute Gasteiger partial charge is 0.271 e. The summed E-state index contributed by atoms with van der Waals surface area (Å²) in [6, 6.07) is 3.63. The lowest BCUT2D eigenvalue weighted by atomic mass is 10.0. The molecule has 0 bridgehead atoms. The quantitative estimate of drug-likeness (QED) is 0.804. The molecule has 0 saturated carbocycles. The van der Waals surface area contributed by atoms with Gasteiger partial charge in [-0.15, -0.1) is 10.2 Å². The molecule has 1 saturated heterocycles. The van der Waals surface area contributed by atoms with Crippen molar-refractivity contribution in [2.24, 2.45) is 5.92 Å². The van der Waals surface area contributed by atoms with Crippen molar-refractivity contribution < 1.29 is 9.53 Å². The second-order valence-electron chi connectivity index (χ2n) is 5.57. The third-order valence-electron chi connectivity index (χ3n) is 3.67. The fraction of sp³-hybridized carbons (Fsp3) is 0.667. The summed E-state index contributed by atoms with van der Waals surface area (Å²) in [7, 11) is 1.65. The highest BCUT2D eigenvalue weighted by molar-refractivity contribution is 5.92. The number of anilines is 1. The molecule has 1 aliphatic heterocycles. The Hall–Kier alpha value is -1.69. The van der Waals surface area contributed by atoms with E-state index in [1.54, 1.807) is 13.2 Å². The van der Waals surface area contributed by atoms with Crippen LogP contribution in [0.1, 0.15) is 36.7 Å². The minimum absolute atomic E-state index is 0.183. The van der Waals surface area contributed by atoms with Gasteiger partial charge >= 0.3 is 0 Å². The van der Waals surface area contributed by atoms with Crippen LogP contribution in [0.2, 0.25) is 0 Å². The van der Waals surface area contributed by atoms with Crippen molar-refractivity contribution in [3.63, 3.8) is 0 Å². The van der Waals surface area contributed by atoms with E-state index in [4.69, 9.17) is 4.74 Å². The van der Waals surface area contributed by atoms with E-state index in [0.29, 0.717) is 24.8 Å². The van der Waals surface area contributed by atoms with Crippen molar-refractivity contribution in [2.75, 3.05) is 38.3 Å². The molecular formula is C15H24N4O2. The van der Waals surface area contributed by atoms with Crippen LogP contribution in [0.5, 0.6) is 0 Å². The second kappa shape index (κ2) is 7.93. The predicted octanol–water partition coefficient (Wildman–Crippen LogP) is 1.48. The molecule has 0 aliphatic carbocycles. The van der Waals surface area contributed by atoms with Crippen LogP contribution in [0, 0.1) is 5.92 Å². The summed E-state index contributed by atoms with van der Waals surface area (Å²) in [6.07, 6.45) is 3.25. The van der Waals surface area contributed by atoms with Gasteiger partial charge < -0.3 is 15.0 Å². The van der Waals surface area contributed by atoms with Crippen LogP contribution in [-0.4, -0.2) is 49.5 Å². The van der Waals surface area contributed by atoms with E-state index in [9.17, 15) is 4.79 Å². The summed E-state index contributed by atoms with van der Waals surface area (Å²) in [5.41, 5.74) is 0.362. The van der Waals surface area contributed by atoms with E-state index in [-0.39, 0.29) is 5.91 Å². The third-order valence-corrected chi connectivity index (χ3v) is 3.67. The second-order valence-corrected chi connectivity index (χ2v) is 5.57. The van der Waals surface area contributed by atoms with Gasteiger partial charge in [-0.25, -0.2) is 0 Å². The molecule has 1 aromatic heterocycles. The number of nitrogens with one attached hydrogen (secondary N) is 1. The third kappa shape index (κ3) is 4.67. The molecule has 0 spiro atoms. The zero-order valence-electron chi connectivity index (χ0n) is 12.8. The number of methoxy groups -OCH3 is 1. The zero-order valence-corrected chi connectivity index (χ0v) is 12.8. The van der Waals surface area contributed by atoms with Gasteiger partial charge in [0.05, 0.1) is 0 Å². The van der Waals surface area contributed by atoms with Crippen molar-refractivity contribution in [2.45, 2.75) is 26.2 Å². The predicted molar refractivity (Wildman–Crippen MR) is 81.5 cm³/mol. The van der Waals surface area contributed by atoms with E-state index < -0.39 is 0 Å². The average molecular weight is 292 g/mol. The minimum atomic E-state index is -0.183. The number of hydrogen-bond donors (Lipinski definition) is 1. The first-order valence-electron chi connectivity index (χ1n) is 7.56. The maximum absolute atomic E-state index is 11.9.